The first kappa shape index (κ1) is 40.3. The Morgan fingerprint density at radius 1 is 0.941 bits per heavy atom. The molecule has 13 nitrogen and oxygen atoms in total. The number of nitrogens with zero attached hydrogens (tertiary/aromatic N) is 4. The molecule has 0 bridgehead atoms. The summed E-state index contributed by atoms with van der Waals surface area (Å²) in [5, 5.41) is 0. The van der Waals surface area contributed by atoms with Gasteiger partial charge < -0.3 is 26.0 Å². The van der Waals surface area contributed by atoms with Crippen LogP contribution in [-0.4, -0.2) is 103 Å². The first-order valence-corrected chi connectivity index (χ1v) is 20.6. The number of primary amides is 1. The number of amides is 3. The Morgan fingerprint density at radius 2 is 1.63 bits per heavy atom. The van der Waals surface area contributed by atoms with Crippen molar-refractivity contribution < 1.29 is 32.3 Å². The number of benzene rings is 1. The molecule has 2 heterocycles. The molecule has 3 atom stereocenters. The van der Waals surface area contributed by atoms with Gasteiger partial charge in [0.15, 0.2) is 5.96 Å². The quantitative estimate of drug-likeness (QED) is 0.112. The Morgan fingerprint density at radius 3 is 2.25 bits per heavy atom. The Labute approximate surface area is 303 Å². The van der Waals surface area contributed by atoms with Gasteiger partial charge >= 0.3 is 5.97 Å². The van der Waals surface area contributed by atoms with Crippen LogP contribution in [0.4, 0.5) is 0 Å². The van der Waals surface area contributed by atoms with Crippen molar-refractivity contribution in [2.24, 2.45) is 34.2 Å². The van der Waals surface area contributed by atoms with E-state index in [2.05, 4.69) is 11.9 Å². The predicted molar refractivity (Wildman–Crippen MR) is 196 cm³/mol. The minimum Gasteiger partial charge on any atom is -0.466 e. The lowest BCUT2D eigenvalue weighted by Crippen LogP contribution is -2.56. The molecule has 14 heteroatoms. The molecule has 3 fully saturated rings. The van der Waals surface area contributed by atoms with E-state index in [9.17, 15) is 27.6 Å². The zero-order chi connectivity index (χ0) is 37.0. The van der Waals surface area contributed by atoms with Crippen LogP contribution in [0, 0.1) is 17.8 Å². The number of guanidine groups is 1. The average Bonchev–Trinajstić information content (AvgIpc) is 3.62. The van der Waals surface area contributed by atoms with E-state index in [-0.39, 0.29) is 43.2 Å². The maximum atomic E-state index is 14.1. The molecule has 1 aromatic rings. The number of nitrogens with two attached hydrogens (primary N) is 2. The van der Waals surface area contributed by atoms with Crippen molar-refractivity contribution in [2.75, 3.05) is 39.0 Å². The van der Waals surface area contributed by atoms with Crippen LogP contribution in [0.25, 0.3) is 0 Å². The molecule has 0 aromatic heterocycles. The lowest BCUT2D eigenvalue weighted by atomic mass is 9.78. The molecule has 1 aromatic carbocycles. The highest BCUT2D eigenvalue weighted by Gasteiger charge is 2.42. The van der Waals surface area contributed by atoms with Crippen molar-refractivity contribution in [1.29, 1.82) is 0 Å². The molecule has 0 radical (unpaired) electrons. The second-order valence-corrected chi connectivity index (χ2v) is 16.4. The van der Waals surface area contributed by atoms with E-state index in [1.54, 1.807) is 0 Å². The summed E-state index contributed by atoms with van der Waals surface area (Å²) in [4.78, 5) is 60.1. The molecule has 284 valence electrons. The van der Waals surface area contributed by atoms with Gasteiger partial charge in [-0.15, -0.1) is 0 Å². The van der Waals surface area contributed by atoms with Crippen molar-refractivity contribution >= 4 is 39.7 Å². The summed E-state index contributed by atoms with van der Waals surface area (Å²) in [6, 6.07) is 7.44. The topological polar surface area (TPSA) is 186 Å². The number of sulfonamides is 1. The molecule has 2 aliphatic heterocycles. The van der Waals surface area contributed by atoms with Crippen LogP contribution in [0.5, 0.6) is 0 Å². The van der Waals surface area contributed by atoms with E-state index in [1.807, 2.05) is 35.2 Å². The molecule has 2 saturated heterocycles. The molecule has 1 unspecified atom stereocenters. The van der Waals surface area contributed by atoms with Gasteiger partial charge in [0.1, 0.15) is 12.1 Å². The van der Waals surface area contributed by atoms with Gasteiger partial charge in [0.2, 0.25) is 21.8 Å². The van der Waals surface area contributed by atoms with Gasteiger partial charge in [-0.2, -0.15) is 9.30 Å². The zero-order valence-electron chi connectivity index (χ0n) is 30.4. The van der Waals surface area contributed by atoms with Crippen molar-refractivity contribution in [3.63, 3.8) is 0 Å². The second-order valence-electron chi connectivity index (χ2n) is 14.5. The lowest BCUT2D eigenvalue weighted by molar-refractivity contribution is -0.147. The number of carbonyl (C=O) groups is 4. The molecular weight excluding hydrogens is 673 g/mol. The molecular formula is C37H58N6O7S. The van der Waals surface area contributed by atoms with Crippen LogP contribution >= 0.6 is 0 Å². The molecule has 3 amide bonds. The Hall–Kier alpha value is -3.52. The number of hydrogen-bond donors (Lipinski definition) is 2. The SMILES string of the molecule is CCCCCOC(=O)CC(C(=O)N=C(N)N1CCC(CN([C@H](Cc2ccccc2)C(=O)N2CCC[C@H]2C(N)=O)S(C)(=O)=O)CC1)C1CCCCC1. The van der Waals surface area contributed by atoms with Crippen molar-refractivity contribution in [3.05, 3.63) is 35.9 Å². The van der Waals surface area contributed by atoms with Crippen LogP contribution in [0.2, 0.25) is 0 Å². The molecule has 3 aliphatic rings. The number of aliphatic imine (C=N–C) groups is 1. The normalized spacial score (nSPS) is 20.7. The van der Waals surface area contributed by atoms with Crippen LogP contribution in [-0.2, 0) is 40.4 Å². The fourth-order valence-electron chi connectivity index (χ4n) is 7.80. The highest BCUT2D eigenvalue weighted by molar-refractivity contribution is 7.88. The fourth-order valence-corrected chi connectivity index (χ4v) is 8.90. The highest BCUT2D eigenvalue weighted by Crippen LogP contribution is 2.33. The summed E-state index contributed by atoms with van der Waals surface area (Å²) in [5.74, 6) is -2.30. The summed E-state index contributed by atoms with van der Waals surface area (Å²) in [6.07, 6.45) is 11.1. The zero-order valence-corrected chi connectivity index (χ0v) is 31.2. The van der Waals surface area contributed by atoms with E-state index >= 15 is 0 Å². The standard InChI is InChI=1S/C37H58N6O7S/c1-3-4-11-23-50-33(44)25-30(29-15-9-6-10-16-29)35(46)40-37(39)41-21-18-28(19-22-41)26-43(51(2,48)49)32(24-27-13-7-5-8-14-27)36(47)42-20-12-17-31(42)34(38)45/h5,7-8,13-14,28-32H,3-4,6,9-12,15-26H2,1-2H3,(H2,38,45)(H2,39,40,46)/t30?,31-,32+/m0/s1. The summed E-state index contributed by atoms with van der Waals surface area (Å²) >= 11 is 0. The van der Waals surface area contributed by atoms with Gasteiger partial charge in [-0.05, 0) is 68.8 Å². The molecule has 51 heavy (non-hydrogen) atoms. The number of hydrogen-bond acceptors (Lipinski definition) is 7. The maximum absolute atomic E-state index is 14.1. The van der Waals surface area contributed by atoms with E-state index in [0.717, 1.165) is 63.2 Å². The number of esters is 1. The van der Waals surface area contributed by atoms with Gasteiger partial charge in [0.25, 0.3) is 5.91 Å². The minimum absolute atomic E-state index is 0.00368. The first-order valence-electron chi connectivity index (χ1n) is 18.8. The van der Waals surface area contributed by atoms with E-state index in [0.29, 0.717) is 51.9 Å². The summed E-state index contributed by atoms with van der Waals surface area (Å²) in [6.45, 7) is 3.79. The molecule has 1 saturated carbocycles. The fraction of sp³-hybridized carbons (Fsp3) is 0.703. The van der Waals surface area contributed by atoms with Gasteiger partial charge in [0, 0.05) is 26.2 Å². The van der Waals surface area contributed by atoms with Gasteiger partial charge in [-0.1, -0.05) is 69.4 Å². The first-order chi connectivity index (χ1) is 24.4. The summed E-state index contributed by atoms with van der Waals surface area (Å²) < 4.78 is 33.5. The maximum Gasteiger partial charge on any atom is 0.306 e. The minimum atomic E-state index is -3.86. The van der Waals surface area contributed by atoms with Crippen LogP contribution in [0.1, 0.15) is 96.0 Å². The number of ether oxygens (including phenoxy) is 1. The molecule has 0 spiro atoms. The number of unbranched alkanes of at least 4 members (excludes halogenated alkanes) is 2. The van der Waals surface area contributed by atoms with E-state index in [4.69, 9.17) is 16.2 Å². The molecule has 4 rings (SSSR count). The van der Waals surface area contributed by atoms with Crippen LogP contribution < -0.4 is 11.5 Å². The number of piperidine rings is 1. The third-order valence-corrected chi connectivity index (χ3v) is 12.0. The number of likely N-dealkylation sites (tertiary alicyclic amines) is 2. The monoisotopic (exact) mass is 730 g/mol. The third kappa shape index (κ3) is 11.7. The smallest absolute Gasteiger partial charge is 0.306 e. The average molecular weight is 731 g/mol. The number of carbonyl (C=O) groups excluding carboxylic acids is 4. The van der Waals surface area contributed by atoms with Crippen LogP contribution in [0.15, 0.2) is 35.3 Å². The second kappa shape index (κ2) is 19.4. The predicted octanol–water partition coefficient (Wildman–Crippen LogP) is 3.21. The number of rotatable bonds is 16. The Bertz CT molecular complexity index is 1460. The largest absolute Gasteiger partial charge is 0.466 e. The van der Waals surface area contributed by atoms with Gasteiger partial charge in [-0.25, -0.2) is 8.42 Å². The Kier molecular flexibility index (Phi) is 15.3. The van der Waals surface area contributed by atoms with E-state index < -0.39 is 45.7 Å². The van der Waals surface area contributed by atoms with Crippen molar-refractivity contribution in [2.45, 2.75) is 109 Å². The van der Waals surface area contributed by atoms with Gasteiger partial charge in [-0.3, -0.25) is 19.2 Å². The lowest BCUT2D eigenvalue weighted by Gasteiger charge is -2.38. The Balaban J connectivity index is 1.44. The van der Waals surface area contributed by atoms with Crippen LogP contribution in [0.3, 0.4) is 0 Å². The van der Waals surface area contributed by atoms with E-state index in [1.165, 1.54) is 9.21 Å². The molecule has 4 N–H and O–H groups in total. The summed E-state index contributed by atoms with van der Waals surface area (Å²) in [5.41, 5.74) is 12.8. The van der Waals surface area contributed by atoms with Crippen molar-refractivity contribution in [3.8, 4) is 0 Å². The molecule has 1 aliphatic carbocycles. The van der Waals surface area contributed by atoms with Gasteiger partial charge in [0.05, 0.1) is 25.2 Å². The third-order valence-electron chi connectivity index (χ3n) is 10.7. The summed E-state index contributed by atoms with van der Waals surface area (Å²) in [7, 11) is -3.86. The van der Waals surface area contributed by atoms with Crippen molar-refractivity contribution in [1.82, 2.24) is 14.1 Å². The highest BCUT2D eigenvalue weighted by atomic mass is 32.2.